The molecule has 4 heteroatoms. The molecule has 0 bridgehead atoms. The monoisotopic (exact) mass is 229 g/mol. The van der Waals surface area contributed by atoms with Gasteiger partial charge in [0.25, 0.3) is 0 Å². The Morgan fingerprint density at radius 3 is 2.56 bits per heavy atom. The first-order valence-electron chi connectivity index (χ1n) is 5.36. The Bertz CT molecular complexity index is 373. The van der Waals surface area contributed by atoms with Crippen LogP contribution in [0.1, 0.15) is 25.7 Å². The minimum absolute atomic E-state index is 0.328. The normalized spacial score (nSPS) is 16.7. The summed E-state index contributed by atoms with van der Waals surface area (Å²) < 4.78 is 43.6. The molecule has 1 aromatic rings. The molecule has 2 rings (SSSR count). The van der Waals surface area contributed by atoms with E-state index in [0.29, 0.717) is 18.6 Å². The molecule has 0 aromatic heterocycles. The van der Waals surface area contributed by atoms with Crippen LogP contribution in [0.2, 0.25) is 0 Å². The Labute approximate surface area is 92.2 Å². The van der Waals surface area contributed by atoms with Gasteiger partial charge in [0, 0.05) is 6.07 Å². The van der Waals surface area contributed by atoms with Crippen molar-refractivity contribution in [3.63, 3.8) is 0 Å². The third kappa shape index (κ3) is 2.49. The number of benzene rings is 1. The summed E-state index contributed by atoms with van der Waals surface area (Å²) in [4.78, 5) is 0. The quantitative estimate of drug-likeness (QED) is 0.721. The highest BCUT2D eigenvalue weighted by molar-refractivity contribution is 5.24. The average Bonchev–Trinajstić information content (AvgIpc) is 2.74. The van der Waals surface area contributed by atoms with E-state index in [2.05, 4.69) is 0 Å². The Balaban J connectivity index is 2.00. The fraction of sp³-hybridized carbons (Fsp3) is 0.500. The van der Waals surface area contributed by atoms with Gasteiger partial charge < -0.3 is 4.74 Å². The molecule has 0 amide bonds. The highest BCUT2D eigenvalue weighted by Crippen LogP contribution is 2.26. The van der Waals surface area contributed by atoms with Gasteiger partial charge in [0.2, 0.25) is 0 Å². The maximum atomic E-state index is 13.1. The Hall–Kier alpha value is -1.19. The maximum absolute atomic E-state index is 13.1. The van der Waals surface area contributed by atoms with Crippen LogP contribution in [0.4, 0.5) is 13.2 Å². The van der Waals surface area contributed by atoms with Gasteiger partial charge in [-0.3, -0.25) is 0 Å². The molecule has 1 aromatic carbocycles. The van der Waals surface area contributed by atoms with Gasteiger partial charge in [-0.25, -0.2) is 13.2 Å². The topological polar surface area (TPSA) is 9.23 Å². The molecule has 0 atom stereocenters. The summed E-state index contributed by atoms with van der Waals surface area (Å²) in [6.07, 6.45) is 4.40. The molecule has 16 heavy (non-hydrogen) atoms. The van der Waals surface area contributed by atoms with Crippen molar-refractivity contribution in [3.8, 4) is 5.75 Å². The number of ether oxygens (including phenoxy) is 1. The summed E-state index contributed by atoms with van der Waals surface area (Å²) in [7, 11) is 0. The third-order valence-corrected chi connectivity index (χ3v) is 2.84. The summed E-state index contributed by atoms with van der Waals surface area (Å²) in [6.45, 7) is 0.346. The van der Waals surface area contributed by atoms with Gasteiger partial charge in [-0.15, -0.1) is 0 Å². The van der Waals surface area contributed by atoms with Crippen molar-refractivity contribution in [2.24, 2.45) is 5.92 Å². The molecule has 1 radical (unpaired) electrons. The van der Waals surface area contributed by atoms with Crippen LogP contribution in [0.25, 0.3) is 0 Å². The van der Waals surface area contributed by atoms with Crippen molar-refractivity contribution in [2.75, 3.05) is 6.61 Å². The maximum Gasteiger partial charge on any atom is 0.170 e. The largest absolute Gasteiger partial charge is 0.489 e. The fourth-order valence-corrected chi connectivity index (χ4v) is 1.94. The summed E-state index contributed by atoms with van der Waals surface area (Å²) in [5.41, 5.74) is 0. The van der Waals surface area contributed by atoms with Crippen LogP contribution in [0, 0.1) is 29.4 Å². The first kappa shape index (κ1) is 11.3. The number of halogens is 3. The lowest BCUT2D eigenvalue weighted by Gasteiger charge is -2.11. The molecular weight excluding hydrogens is 217 g/mol. The van der Waals surface area contributed by atoms with Crippen LogP contribution in [-0.4, -0.2) is 6.61 Å². The molecule has 0 N–H and O–H groups in total. The van der Waals surface area contributed by atoms with Gasteiger partial charge >= 0.3 is 0 Å². The Kier molecular flexibility index (Phi) is 3.36. The second-order valence-electron chi connectivity index (χ2n) is 4.07. The van der Waals surface area contributed by atoms with Gasteiger partial charge in [0.15, 0.2) is 23.2 Å². The summed E-state index contributed by atoms with van der Waals surface area (Å²) in [5.74, 6) is -3.29. The lowest BCUT2D eigenvalue weighted by molar-refractivity contribution is 0.239. The summed E-state index contributed by atoms with van der Waals surface area (Å²) in [6, 6.07) is 2.41. The van der Waals surface area contributed by atoms with Crippen LogP contribution in [0.15, 0.2) is 6.07 Å². The SMILES string of the molecule is Fc1[c]c(OCC2CCCC2)c(F)cc1F. The minimum atomic E-state index is -1.24. The standard InChI is InChI=1S/C12H12F3O/c13-9-5-11(15)12(6-10(9)14)16-7-8-3-1-2-4-8/h5,8H,1-4,7H2. The van der Waals surface area contributed by atoms with Crippen molar-refractivity contribution in [2.45, 2.75) is 25.7 Å². The number of hydrogen-bond donors (Lipinski definition) is 0. The third-order valence-electron chi connectivity index (χ3n) is 2.84. The van der Waals surface area contributed by atoms with E-state index >= 15 is 0 Å². The first-order valence-corrected chi connectivity index (χ1v) is 5.36. The second kappa shape index (κ2) is 4.76. The highest BCUT2D eigenvalue weighted by atomic mass is 19.2. The average molecular weight is 229 g/mol. The van der Waals surface area contributed by atoms with E-state index in [1.807, 2.05) is 6.07 Å². The van der Waals surface area contributed by atoms with Crippen molar-refractivity contribution < 1.29 is 17.9 Å². The van der Waals surface area contributed by atoms with Crippen molar-refractivity contribution >= 4 is 0 Å². The summed E-state index contributed by atoms with van der Waals surface area (Å²) >= 11 is 0. The van der Waals surface area contributed by atoms with E-state index in [9.17, 15) is 13.2 Å². The molecule has 0 unspecified atom stereocenters. The molecule has 1 aliphatic carbocycles. The van der Waals surface area contributed by atoms with Crippen LogP contribution >= 0.6 is 0 Å². The zero-order chi connectivity index (χ0) is 11.5. The lowest BCUT2D eigenvalue weighted by Crippen LogP contribution is -2.09. The Morgan fingerprint density at radius 2 is 1.88 bits per heavy atom. The molecule has 0 heterocycles. The first-order chi connectivity index (χ1) is 7.66. The van der Waals surface area contributed by atoms with E-state index in [1.165, 1.54) is 0 Å². The van der Waals surface area contributed by atoms with Gasteiger partial charge in [0.1, 0.15) is 0 Å². The van der Waals surface area contributed by atoms with Crippen LogP contribution < -0.4 is 4.74 Å². The molecule has 1 nitrogen and oxygen atoms in total. The number of hydrogen-bond acceptors (Lipinski definition) is 1. The van der Waals surface area contributed by atoms with Gasteiger partial charge in [-0.05, 0) is 18.8 Å². The minimum Gasteiger partial charge on any atom is -0.489 e. The molecule has 0 spiro atoms. The molecule has 1 fully saturated rings. The van der Waals surface area contributed by atoms with Crippen LogP contribution in [0.3, 0.4) is 0 Å². The smallest absolute Gasteiger partial charge is 0.170 e. The zero-order valence-corrected chi connectivity index (χ0v) is 8.73. The van der Waals surface area contributed by atoms with E-state index in [4.69, 9.17) is 4.74 Å². The van der Waals surface area contributed by atoms with E-state index in [-0.39, 0.29) is 5.75 Å². The molecule has 1 saturated carbocycles. The van der Waals surface area contributed by atoms with Crippen LogP contribution in [0.5, 0.6) is 5.75 Å². The predicted octanol–water partition coefficient (Wildman–Crippen LogP) is 3.47. The van der Waals surface area contributed by atoms with Gasteiger partial charge in [0.05, 0.1) is 12.7 Å². The highest BCUT2D eigenvalue weighted by Gasteiger charge is 2.17. The predicted molar refractivity (Wildman–Crippen MR) is 52.6 cm³/mol. The van der Waals surface area contributed by atoms with Crippen molar-refractivity contribution in [3.05, 3.63) is 29.6 Å². The number of rotatable bonds is 3. The fourth-order valence-electron chi connectivity index (χ4n) is 1.94. The van der Waals surface area contributed by atoms with Crippen molar-refractivity contribution in [1.29, 1.82) is 0 Å². The second-order valence-corrected chi connectivity index (χ2v) is 4.07. The van der Waals surface area contributed by atoms with E-state index < -0.39 is 17.5 Å². The van der Waals surface area contributed by atoms with Crippen molar-refractivity contribution in [1.82, 2.24) is 0 Å². The van der Waals surface area contributed by atoms with E-state index in [0.717, 1.165) is 25.7 Å². The molecule has 87 valence electrons. The molecule has 0 saturated heterocycles. The van der Waals surface area contributed by atoms with Crippen LogP contribution in [-0.2, 0) is 0 Å². The molecule has 1 aliphatic rings. The zero-order valence-electron chi connectivity index (χ0n) is 8.73. The lowest BCUT2D eigenvalue weighted by atomic mass is 10.1. The Morgan fingerprint density at radius 1 is 1.19 bits per heavy atom. The molecular formula is C12H12F3O. The molecule has 0 aliphatic heterocycles. The summed E-state index contributed by atoms with van der Waals surface area (Å²) in [5, 5.41) is 0. The van der Waals surface area contributed by atoms with Gasteiger partial charge in [-0.2, -0.15) is 0 Å². The van der Waals surface area contributed by atoms with E-state index in [1.54, 1.807) is 0 Å². The van der Waals surface area contributed by atoms with Gasteiger partial charge in [-0.1, -0.05) is 12.8 Å².